The number of hydrogen-bond donors (Lipinski definition) is 2. The van der Waals surface area contributed by atoms with Gasteiger partial charge in [-0.15, -0.1) is 0 Å². The smallest absolute Gasteiger partial charge is 0.340 e. The average Bonchev–Trinajstić information content (AvgIpc) is 2.89. The van der Waals surface area contributed by atoms with E-state index in [-0.39, 0.29) is 5.56 Å². The molecule has 0 unspecified atom stereocenters. The van der Waals surface area contributed by atoms with Crippen LogP contribution in [0, 0.1) is 0 Å². The number of nitrogens with zero attached hydrogens (tertiary/aromatic N) is 1. The van der Waals surface area contributed by atoms with E-state index in [0.717, 1.165) is 12.2 Å². The number of ether oxygens (including phenoxy) is 1. The molecule has 23 heavy (non-hydrogen) atoms. The van der Waals surface area contributed by atoms with E-state index in [0.29, 0.717) is 16.9 Å². The van der Waals surface area contributed by atoms with Crippen molar-refractivity contribution < 1.29 is 29.3 Å². The third kappa shape index (κ3) is 3.46. The fraction of sp³-hybridized carbons (Fsp3) is 0.0625. The number of esters is 1. The first-order valence-electron chi connectivity index (χ1n) is 6.49. The zero-order chi connectivity index (χ0) is 17.0. The molecule has 0 saturated heterocycles. The molecule has 2 heterocycles. The summed E-state index contributed by atoms with van der Waals surface area (Å²) in [5, 5.41) is 17.5. The number of carbonyl (C=O) groups excluding carboxylic acids is 1. The highest BCUT2D eigenvalue weighted by molar-refractivity contribution is 5.99. The lowest BCUT2D eigenvalue weighted by Crippen LogP contribution is -2.01. The summed E-state index contributed by atoms with van der Waals surface area (Å²) in [5.74, 6) is -2.83. The summed E-state index contributed by atoms with van der Waals surface area (Å²) in [6, 6.07) is 6.45. The predicted octanol–water partition coefficient (Wildman–Crippen LogP) is 1.92. The van der Waals surface area contributed by atoms with Crippen LogP contribution in [0.4, 0.5) is 0 Å². The van der Waals surface area contributed by atoms with Gasteiger partial charge in [-0.05, 0) is 30.4 Å². The minimum atomic E-state index is -1.14. The van der Waals surface area contributed by atoms with Crippen LogP contribution in [0.1, 0.15) is 21.7 Å². The summed E-state index contributed by atoms with van der Waals surface area (Å²) in [5.41, 5.74) is 1.62. The first-order valence-corrected chi connectivity index (χ1v) is 6.49. The maximum Gasteiger partial charge on any atom is 0.340 e. The van der Waals surface area contributed by atoms with E-state index in [4.69, 9.17) is 14.9 Å². The van der Waals surface area contributed by atoms with Gasteiger partial charge in [-0.1, -0.05) is 6.07 Å². The van der Waals surface area contributed by atoms with Crippen molar-refractivity contribution in [2.24, 2.45) is 0 Å². The number of methoxy groups -OCH3 is 1. The number of hydrogen-bond acceptors (Lipinski definition) is 4. The van der Waals surface area contributed by atoms with Crippen LogP contribution in [0.2, 0.25) is 0 Å². The highest BCUT2D eigenvalue weighted by Crippen LogP contribution is 2.22. The van der Waals surface area contributed by atoms with Gasteiger partial charge in [-0.2, -0.15) is 0 Å². The summed E-state index contributed by atoms with van der Waals surface area (Å²) >= 11 is 0. The van der Waals surface area contributed by atoms with Gasteiger partial charge in [-0.3, -0.25) is 0 Å². The number of rotatable bonds is 5. The molecule has 7 heteroatoms. The Morgan fingerprint density at radius 1 is 1.04 bits per heavy atom. The molecule has 0 aliphatic rings. The van der Waals surface area contributed by atoms with Crippen molar-refractivity contribution in [3.8, 4) is 0 Å². The molecule has 0 saturated carbocycles. The van der Waals surface area contributed by atoms with Gasteiger partial charge in [-0.25, -0.2) is 14.4 Å². The van der Waals surface area contributed by atoms with E-state index in [2.05, 4.69) is 0 Å². The van der Waals surface area contributed by atoms with Gasteiger partial charge in [0.2, 0.25) is 0 Å². The Morgan fingerprint density at radius 2 is 1.65 bits per heavy atom. The summed E-state index contributed by atoms with van der Waals surface area (Å²) in [6.07, 6.45) is 4.56. The number of aromatic nitrogens is 1. The molecule has 2 N–H and O–H groups in total. The molecule has 2 rings (SSSR count). The molecule has 0 spiro atoms. The van der Waals surface area contributed by atoms with E-state index in [9.17, 15) is 14.4 Å². The highest BCUT2D eigenvalue weighted by atomic mass is 16.5. The highest BCUT2D eigenvalue weighted by Gasteiger charge is 2.16. The topological polar surface area (TPSA) is 105 Å². The molecule has 2 aromatic heterocycles. The van der Waals surface area contributed by atoms with E-state index < -0.39 is 17.9 Å². The number of fused-ring (bicyclic) bond motifs is 1. The van der Waals surface area contributed by atoms with Crippen molar-refractivity contribution in [1.82, 2.24) is 4.40 Å². The van der Waals surface area contributed by atoms with E-state index >= 15 is 0 Å². The molecule has 0 radical (unpaired) electrons. The lowest BCUT2D eigenvalue weighted by molar-refractivity contribution is -0.132. The van der Waals surface area contributed by atoms with Crippen molar-refractivity contribution >= 4 is 35.6 Å². The Hall–Kier alpha value is -3.35. The standard InChI is InChI=1S/C16H13NO6/c1-23-16(22)12-9-11(6-8-15(20)21)17-10(5-7-14(18)19)3-2-4-13(12)17/h2-9H,1H3,(H,18,19)(H,20,21)/b7-5+,8-6+. The monoisotopic (exact) mass is 315 g/mol. The van der Waals surface area contributed by atoms with Crippen LogP contribution in [0.3, 0.4) is 0 Å². The van der Waals surface area contributed by atoms with Crippen LogP contribution in [0.15, 0.2) is 36.4 Å². The third-order valence-electron chi connectivity index (χ3n) is 3.05. The van der Waals surface area contributed by atoms with Crippen molar-refractivity contribution in [3.05, 3.63) is 53.4 Å². The second-order valence-corrected chi connectivity index (χ2v) is 4.49. The van der Waals surface area contributed by atoms with Crippen LogP contribution in [-0.2, 0) is 14.3 Å². The minimum Gasteiger partial charge on any atom is -0.478 e. The van der Waals surface area contributed by atoms with Crippen molar-refractivity contribution in [2.75, 3.05) is 7.11 Å². The fourth-order valence-electron chi connectivity index (χ4n) is 2.15. The van der Waals surface area contributed by atoms with Gasteiger partial charge in [0.15, 0.2) is 0 Å². The van der Waals surface area contributed by atoms with Crippen molar-refractivity contribution in [2.45, 2.75) is 0 Å². The Bertz CT molecular complexity index is 844. The first kappa shape index (κ1) is 16.0. The number of aliphatic carboxylic acids is 2. The quantitative estimate of drug-likeness (QED) is 0.645. The van der Waals surface area contributed by atoms with Gasteiger partial charge >= 0.3 is 17.9 Å². The van der Waals surface area contributed by atoms with E-state index in [1.165, 1.54) is 25.3 Å². The number of pyridine rings is 1. The van der Waals surface area contributed by atoms with Crippen LogP contribution in [0.5, 0.6) is 0 Å². The van der Waals surface area contributed by atoms with Gasteiger partial charge in [0, 0.05) is 23.5 Å². The van der Waals surface area contributed by atoms with E-state index in [1.54, 1.807) is 22.6 Å². The largest absolute Gasteiger partial charge is 0.478 e. The summed E-state index contributed by atoms with van der Waals surface area (Å²) in [6.45, 7) is 0. The zero-order valence-electron chi connectivity index (χ0n) is 12.1. The molecular formula is C16H13NO6. The second-order valence-electron chi connectivity index (χ2n) is 4.49. The van der Waals surface area contributed by atoms with Gasteiger partial charge < -0.3 is 19.4 Å². The molecule has 7 nitrogen and oxygen atoms in total. The maximum atomic E-state index is 11.9. The molecule has 0 aliphatic heterocycles. The molecule has 118 valence electrons. The lowest BCUT2D eigenvalue weighted by atomic mass is 10.2. The lowest BCUT2D eigenvalue weighted by Gasteiger charge is -2.04. The Kier molecular flexibility index (Phi) is 4.61. The molecule has 0 amide bonds. The number of carboxylic acids is 2. The molecule has 0 fully saturated rings. The molecule has 0 aromatic carbocycles. The molecular weight excluding hydrogens is 302 g/mol. The minimum absolute atomic E-state index is 0.253. The second kappa shape index (κ2) is 6.61. The number of carbonyl (C=O) groups is 3. The van der Waals surface area contributed by atoms with Crippen LogP contribution in [0.25, 0.3) is 17.7 Å². The third-order valence-corrected chi connectivity index (χ3v) is 3.05. The fourth-order valence-corrected chi connectivity index (χ4v) is 2.15. The van der Waals surface area contributed by atoms with Crippen molar-refractivity contribution in [1.29, 1.82) is 0 Å². The summed E-state index contributed by atoms with van der Waals surface area (Å²) < 4.78 is 6.29. The van der Waals surface area contributed by atoms with Crippen molar-refractivity contribution in [3.63, 3.8) is 0 Å². The predicted molar refractivity (Wildman–Crippen MR) is 82.1 cm³/mol. The van der Waals surface area contributed by atoms with Gasteiger partial charge in [0.25, 0.3) is 0 Å². The Labute approximate surface area is 130 Å². The summed E-state index contributed by atoms with van der Waals surface area (Å²) in [7, 11) is 1.24. The molecule has 0 bridgehead atoms. The molecule has 2 aromatic rings. The number of carboxylic acid groups (broad SMARTS) is 2. The zero-order valence-corrected chi connectivity index (χ0v) is 12.1. The van der Waals surface area contributed by atoms with E-state index in [1.807, 2.05) is 0 Å². The molecule has 0 aliphatic carbocycles. The van der Waals surface area contributed by atoms with Crippen LogP contribution >= 0.6 is 0 Å². The Balaban J connectivity index is 2.74. The summed E-state index contributed by atoms with van der Waals surface area (Å²) in [4.78, 5) is 33.3. The van der Waals surface area contributed by atoms with Crippen LogP contribution in [-0.4, -0.2) is 39.6 Å². The first-order chi connectivity index (χ1) is 10.9. The normalized spacial score (nSPS) is 11.3. The SMILES string of the molecule is COC(=O)c1cc(/C=C/C(=O)O)n2c(/C=C/C(=O)O)cccc12. The maximum absolute atomic E-state index is 11.9. The van der Waals surface area contributed by atoms with Crippen LogP contribution < -0.4 is 0 Å². The average molecular weight is 315 g/mol. The molecule has 0 atom stereocenters. The Morgan fingerprint density at radius 3 is 2.22 bits per heavy atom. The van der Waals surface area contributed by atoms with Gasteiger partial charge in [0.05, 0.1) is 18.2 Å². The van der Waals surface area contributed by atoms with Gasteiger partial charge in [0.1, 0.15) is 0 Å².